The normalized spacial score (nSPS) is 15.1. The molecule has 0 heterocycles. The minimum atomic E-state index is -0.392. The summed E-state index contributed by atoms with van der Waals surface area (Å²) in [4.78, 5) is 0. The summed E-state index contributed by atoms with van der Waals surface area (Å²) in [5.41, 5.74) is 0.859. The molecule has 72 valence electrons. The standard InChI is InChI=1S/C10H14ClNO/c1-7(8(2)13)12-10-6-4-3-5-9(10)11/h3-8,12-13H,1-2H3/t7-,8-/m0/s1. The number of anilines is 1. The van der Waals surface area contributed by atoms with E-state index in [0.717, 1.165) is 5.69 Å². The molecule has 0 bridgehead atoms. The van der Waals surface area contributed by atoms with Crippen LogP contribution in [0, 0.1) is 0 Å². The van der Waals surface area contributed by atoms with Crippen LogP contribution in [0.2, 0.25) is 5.02 Å². The van der Waals surface area contributed by atoms with E-state index < -0.39 is 6.10 Å². The van der Waals surface area contributed by atoms with Crippen molar-refractivity contribution in [1.82, 2.24) is 0 Å². The van der Waals surface area contributed by atoms with Crippen molar-refractivity contribution in [3.8, 4) is 0 Å². The Balaban J connectivity index is 2.69. The fourth-order valence-corrected chi connectivity index (χ4v) is 1.13. The number of halogens is 1. The van der Waals surface area contributed by atoms with Crippen molar-refractivity contribution in [2.45, 2.75) is 26.0 Å². The zero-order valence-corrected chi connectivity index (χ0v) is 8.55. The van der Waals surface area contributed by atoms with E-state index in [9.17, 15) is 5.11 Å². The summed E-state index contributed by atoms with van der Waals surface area (Å²) in [6.07, 6.45) is -0.392. The number of hydrogen-bond acceptors (Lipinski definition) is 2. The number of aliphatic hydroxyl groups excluding tert-OH is 1. The van der Waals surface area contributed by atoms with Crippen molar-refractivity contribution in [3.63, 3.8) is 0 Å². The molecule has 0 saturated heterocycles. The van der Waals surface area contributed by atoms with Crippen LogP contribution in [-0.2, 0) is 0 Å². The molecule has 0 aliphatic heterocycles. The van der Waals surface area contributed by atoms with Gasteiger partial charge in [0.15, 0.2) is 0 Å². The van der Waals surface area contributed by atoms with Crippen LogP contribution in [0.4, 0.5) is 5.69 Å². The molecule has 0 spiro atoms. The Morgan fingerprint density at radius 2 is 1.92 bits per heavy atom. The number of para-hydroxylation sites is 1. The second-order valence-corrected chi connectivity index (χ2v) is 3.56. The number of nitrogens with one attached hydrogen (secondary N) is 1. The molecular weight excluding hydrogens is 186 g/mol. The molecule has 3 heteroatoms. The molecule has 0 fully saturated rings. The Labute approximate surface area is 83.5 Å². The van der Waals surface area contributed by atoms with Crippen molar-refractivity contribution in [2.75, 3.05) is 5.32 Å². The quantitative estimate of drug-likeness (QED) is 0.784. The Kier molecular flexibility index (Phi) is 3.58. The van der Waals surface area contributed by atoms with Crippen LogP contribution in [0.25, 0.3) is 0 Å². The van der Waals surface area contributed by atoms with Gasteiger partial charge >= 0.3 is 0 Å². The van der Waals surface area contributed by atoms with Crippen molar-refractivity contribution in [2.24, 2.45) is 0 Å². The van der Waals surface area contributed by atoms with Gasteiger partial charge in [0.1, 0.15) is 0 Å². The summed E-state index contributed by atoms with van der Waals surface area (Å²) in [6, 6.07) is 7.49. The van der Waals surface area contributed by atoms with Gasteiger partial charge in [0.2, 0.25) is 0 Å². The Bertz CT molecular complexity index is 275. The maximum Gasteiger partial charge on any atom is 0.0710 e. The Morgan fingerprint density at radius 3 is 2.46 bits per heavy atom. The lowest BCUT2D eigenvalue weighted by Gasteiger charge is -2.18. The second kappa shape index (κ2) is 4.49. The molecule has 0 amide bonds. The zero-order chi connectivity index (χ0) is 9.84. The van der Waals surface area contributed by atoms with Crippen LogP contribution in [0.15, 0.2) is 24.3 Å². The van der Waals surface area contributed by atoms with E-state index in [-0.39, 0.29) is 6.04 Å². The van der Waals surface area contributed by atoms with Crippen LogP contribution < -0.4 is 5.32 Å². The van der Waals surface area contributed by atoms with Crippen LogP contribution in [0.1, 0.15) is 13.8 Å². The molecule has 0 radical (unpaired) electrons. The highest BCUT2D eigenvalue weighted by molar-refractivity contribution is 6.33. The van der Waals surface area contributed by atoms with Crippen molar-refractivity contribution >= 4 is 17.3 Å². The zero-order valence-electron chi connectivity index (χ0n) is 7.79. The fourth-order valence-electron chi connectivity index (χ4n) is 0.944. The molecule has 1 aromatic carbocycles. The molecule has 0 aromatic heterocycles. The van der Waals surface area contributed by atoms with E-state index in [0.29, 0.717) is 5.02 Å². The monoisotopic (exact) mass is 199 g/mol. The largest absolute Gasteiger partial charge is 0.391 e. The molecule has 2 atom stereocenters. The van der Waals surface area contributed by atoms with Crippen molar-refractivity contribution in [1.29, 1.82) is 0 Å². The van der Waals surface area contributed by atoms with Crippen LogP contribution in [0.5, 0.6) is 0 Å². The smallest absolute Gasteiger partial charge is 0.0710 e. The predicted octanol–water partition coefficient (Wildman–Crippen LogP) is 2.52. The third-order valence-electron chi connectivity index (χ3n) is 1.98. The van der Waals surface area contributed by atoms with Gasteiger partial charge in [0, 0.05) is 6.04 Å². The van der Waals surface area contributed by atoms with Crippen molar-refractivity contribution in [3.05, 3.63) is 29.3 Å². The number of benzene rings is 1. The van der Waals surface area contributed by atoms with Gasteiger partial charge in [-0.05, 0) is 26.0 Å². The average Bonchev–Trinajstić information content (AvgIpc) is 2.08. The van der Waals surface area contributed by atoms with E-state index in [4.69, 9.17) is 11.6 Å². The lowest BCUT2D eigenvalue weighted by Crippen LogP contribution is -2.27. The molecule has 0 aliphatic carbocycles. The maximum atomic E-state index is 9.27. The highest BCUT2D eigenvalue weighted by Gasteiger charge is 2.09. The molecule has 2 N–H and O–H groups in total. The van der Waals surface area contributed by atoms with Gasteiger partial charge in [-0.3, -0.25) is 0 Å². The topological polar surface area (TPSA) is 32.3 Å². The summed E-state index contributed by atoms with van der Waals surface area (Å²) in [6.45, 7) is 3.66. The Hall–Kier alpha value is -0.730. The summed E-state index contributed by atoms with van der Waals surface area (Å²) >= 11 is 5.93. The minimum absolute atomic E-state index is 0.0000926. The third kappa shape index (κ3) is 2.90. The highest BCUT2D eigenvalue weighted by atomic mass is 35.5. The Morgan fingerprint density at radius 1 is 1.31 bits per heavy atom. The molecule has 1 rings (SSSR count). The van der Waals surface area contributed by atoms with Gasteiger partial charge in [-0.15, -0.1) is 0 Å². The first-order chi connectivity index (χ1) is 6.11. The van der Waals surface area contributed by atoms with Crippen LogP contribution in [-0.4, -0.2) is 17.3 Å². The number of rotatable bonds is 3. The molecule has 0 unspecified atom stereocenters. The van der Waals surface area contributed by atoms with E-state index in [1.807, 2.05) is 31.2 Å². The summed E-state index contributed by atoms with van der Waals surface area (Å²) < 4.78 is 0. The second-order valence-electron chi connectivity index (χ2n) is 3.15. The van der Waals surface area contributed by atoms with Gasteiger partial charge < -0.3 is 10.4 Å². The first-order valence-corrected chi connectivity index (χ1v) is 4.68. The van der Waals surface area contributed by atoms with Gasteiger partial charge in [-0.1, -0.05) is 23.7 Å². The molecule has 13 heavy (non-hydrogen) atoms. The first kappa shape index (κ1) is 10.4. The molecular formula is C10H14ClNO. The van der Waals surface area contributed by atoms with Gasteiger partial charge in [0.25, 0.3) is 0 Å². The summed E-state index contributed by atoms with van der Waals surface area (Å²) in [7, 11) is 0. The first-order valence-electron chi connectivity index (χ1n) is 4.30. The summed E-state index contributed by atoms with van der Waals surface area (Å²) in [5, 5.41) is 13.1. The summed E-state index contributed by atoms with van der Waals surface area (Å²) in [5.74, 6) is 0. The van der Waals surface area contributed by atoms with Gasteiger partial charge in [-0.2, -0.15) is 0 Å². The number of aliphatic hydroxyl groups is 1. The van der Waals surface area contributed by atoms with Gasteiger partial charge in [0.05, 0.1) is 16.8 Å². The van der Waals surface area contributed by atoms with Crippen molar-refractivity contribution < 1.29 is 5.11 Å². The molecule has 2 nitrogen and oxygen atoms in total. The molecule has 0 aliphatic rings. The predicted molar refractivity (Wildman–Crippen MR) is 56.2 cm³/mol. The maximum absolute atomic E-state index is 9.27. The molecule has 1 aromatic rings. The number of hydrogen-bond donors (Lipinski definition) is 2. The SMILES string of the molecule is C[C@H](O)[C@H](C)Nc1ccccc1Cl. The minimum Gasteiger partial charge on any atom is -0.391 e. The lowest BCUT2D eigenvalue weighted by atomic mass is 10.2. The van der Waals surface area contributed by atoms with E-state index in [2.05, 4.69) is 5.32 Å². The van der Waals surface area contributed by atoms with E-state index in [1.54, 1.807) is 6.92 Å². The lowest BCUT2D eigenvalue weighted by molar-refractivity contribution is 0.178. The van der Waals surface area contributed by atoms with E-state index in [1.165, 1.54) is 0 Å². The van der Waals surface area contributed by atoms with Crippen LogP contribution >= 0.6 is 11.6 Å². The average molecular weight is 200 g/mol. The van der Waals surface area contributed by atoms with E-state index >= 15 is 0 Å². The van der Waals surface area contributed by atoms with Gasteiger partial charge in [-0.25, -0.2) is 0 Å². The molecule has 0 saturated carbocycles. The fraction of sp³-hybridized carbons (Fsp3) is 0.400. The third-order valence-corrected chi connectivity index (χ3v) is 2.31. The highest BCUT2D eigenvalue weighted by Crippen LogP contribution is 2.21. The van der Waals surface area contributed by atoms with Crippen LogP contribution in [0.3, 0.4) is 0 Å².